The van der Waals surface area contributed by atoms with Gasteiger partial charge in [-0.3, -0.25) is 4.90 Å². The van der Waals surface area contributed by atoms with Crippen LogP contribution in [0.1, 0.15) is 18.5 Å². The number of aromatic nitrogens is 2. The van der Waals surface area contributed by atoms with Crippen molar-refractivity contribution in [3.8, 4) is 0 Å². The van der Waals surface area contributed by atoms with Crippen molar-refractivity contribution in [2.75, 3.05) is 19.6 Å². The Morgan fingerprint density at radius 3 is 3.25 bits per heavy atom. The SMILES string of the molecule is Cl.c1snnc1CN1CCC2NCCC2C1. The Morgan fingerprint density at radius 1 is 1.50 bits per heavy atom. The van der Waals surface area contributed by atoms with Crippen LogP contribution in [0.15, 0.2) is 5.38 Å². The molecule has 2 unspecified atom stereocenters. The number of halogens is 1. The highest BCUT2D eigenvalue weighted by Crippen LogP contribution is 2.25. The molecule has 0 saturated carbocycles. The summed E-state index contributed by atoms with van der Waals surface area (Å²) in [6.45, 7) is 4.63. The van der Waals surface area contributed by atoms with E-state index in [1.165, 1.54) is 44.0 Å². The van der Waals surface area contributed by atoms with Crippen LogP contribution in [0.2, 0.25) is 0 Å². The number of fused-ring (bicyclic) bond motifs is 1. The molecule has 4 nitrogen and oxygen atoms in total. The summed E-state index contributed by atoms with van der Waals surface area (Å²) in [6.07, 6.45) is 2.64. The fraction of sp³-hybridized carbons (Fsp3) is 0.800. The van der Waals surface area contributed by atoms with Gasteiger partial charge in [-0.25, -0.2) is 0 Å². The first-order valence-electron chi connectivity index (χ1n) is 5.63. The van der Waals surface area contributed by atoms with Crippen molar-refractivity contribution in [3.05, 3.63) is 11.1 Å². The van der Waals surface area contributed by atoms with Gasteiger partial charge in [0.25, 0.3) is 0 Å². The lowest BCUT2D eigenvalue weighted by atomic mass is 9.93. The van der Waals surface area contributed by atoms with E-state index in [0.29, 0.717) is 0 Å². The third-order valence-electron chi connectivity index (χ3n) is 3.53. The molecule has 2 atom stereocenters. The summed E-state index contributed by atoms with van der Waals surface area (Å²) in [7, 11) is 0. The molecule has 0 spiro atoms. The number of nitrogens with one attached hydrogen (secondary N) is 1. The van der Waals surface area contributed by atoms with Crippen LogP contribution in [0.25, 0.3) is 0 Å². The number of likely N-dealkylation sites (tertiary alicyclic amines) is 1. The molecule has 1 aromatic rings. The van der Waals surface area contributed by atoms with Crippen molar-refractivity contribution in [3.63, 3.8) is 0 Å². The minimum atomic E-state index is 0. The smallest absolute Gasteiger partial charge is 0.0895 e. The Balaban J connectivity index is 0.000000963. The Kier molecular flexibility index (Phi) is 4.13. The minimum Gasteiger partial charge on any atom is -0.314 e. The first-order valence-corrected chi connectivity index (χ1v) is 6.47. The fourth-order valence-corrected chi connectivity index (χ4v) is 3.19. The zero-order valence-electron chi connectivity index (χ0n) is 9.13. The van der Waals surface area contributed by atoms with Gasteiger partial charge in [-0.15, -0.1) is 17.5 Å². The van der Waals surface area contributed by atoms with Crippen LogP contribution in [0, 0.1) is 5.92 Å². The molecule has 2 fully saturated rings. The molecule has 2 saturated heterocycles. The van der Waals surface area contributed by atoms with Gasteiger partial charge in [0.05, 0.1) is 5.69 Å². The maximum atomic E-state index is 4.11. The number of rotatable bonds is 2. The maximum Gasteiger partial charge on any atom is 0.0895 e. The van der Waals surface area contributed by atoms with E-state index >= 15 is 0 Å². The number of hydrogen-bond donors (Lipinski definition) is 1. The molecular weight excluding hydrogens is 244 g/mol. The average Bonchev–Trinajstić information content (AvgIpc) is 2.87. The van der Waals surface area contributed by atoms with Crippen molar-refractivity contribution in [1.82, 2.24) is 19.8 Å². The third kappa shape index (κ3) is 2.53. The van der Waals surface area contributed by atoms with E-state index in [4.69, 9.17) is 0 Å². The molecule has 0 bridgehead atoms. The monoisotopic (exact) mass is 260 g/mol. The Hall–Kier alpha value is -0.230. The van der Waals surface area contributed by atoms with Crippen LogP contribution < -0.4 is 5.32 Å². The van der Waals surface area contributed by atoms with E-state index in [1.54, 1.807) is 0 Å². The average molecular weight is 261 g/mol. The predicted octanol–water partition coefficient (Wildman–Crippen LogP) is 1.14. The zero-order valence-corrected chi connectivity index (χ0v) is 10.8. The van der Waals surface area contributed by atoms with Gasteiger partial charge in [0.15, 0.2) is 0 Å². The maximum absolute atomic E-state index is 4.11. The molecule has 0 aliphatic carbocycles. The Morgan fingerprint density at radius 2 is 2.44 bits per heavy atom. The molecule has 0 aromatic carbocycles. The minimum absolute atomic E-state index is 0. The topological polar surface area (TPSA) is 41.1 Å². The third-order valence-corrected chi connectivity index (χ3v) is 4.08. The van der Waals surface area contributed by atoms with E-state index in [9.17, 15) is 0 Å². The van der Waals surface area contributed by atoms with E-state index < -0.39 is 0 Å². The second kappa shape index (κ2) is 5.40. The van der Waals surface area contributed by atoms with Crippen LogP contribution in [-0.2, 0) is 6.54 Å². The summed E-state index contributed by atoms with van der Waals surface area (Å²) in [4.78, 5) is 2.52. The number of nitrogens with zero attached hydrogens (tertiary/aromatic N) is 3. The largest absolute Gasteiger partial charge is 0.314 e. The Labute approximate surface area is 106 Å². The van der Waals surface area contributed by atoms with Crippen molar-refractivity contribution in [2.24, 2.45) is 5.92 Å². The van der Waals surface area contributed by atoms with Gasteiger partial charge in [0, 0.05) is 31.1 Å². The molecule has 0 radical (unpaired) electrons. The van der Waals surface area contributed by atoms with Gasteiger partial charge >= 0.3 is 0 Å². The van der Waals surface area contributed by atoms with Crippen LogP contribution in [-0.4, -0.2) is 40.2 Å². The summed E-state index contributed by atoms with van der Waals surface area (Å²) in [5.74, 6) is 0.866. The molecule has 3 heterocycles. The summed E-state index contributed by atoms with van der Waals surface area (Å²) >= 11 is 1.45. The molecular formula is C10H17ClN4S. The van der Waals surface area contributed by atoms with E-state index in [0.717, 1.165) is 24.2 Å². The predicted molar refractivity (Wildman–Crippen MR) is 66.9 cm³/mol. The zero-order chi connectivity index (χ0) is 10.1. The fourth-order valence-electron chi connectivity index (χ4n) is 2.75. The molecule has 0 amide bonds. The highest BCUT2D eigenvalue weighted by Gasteiger charge is 2.32. The number of piperidine rings is 1. The molecule has 2 aliphatic rings. The van der Waals surface area contributed by atoms with Crippen LogP contribution in [0.4, 0.5) is 0 Å². The van der Waals surface area contributed by atoms with E-state index in [2.05, 4.69) is 25.2 Å². The summed E-state index contributed by atoms with van der Waals surface area (Å²) in [5.41, 5.74) is 1.13. The van der Waals surface area contributed by atoms with E-state index in [-0.39, 0.29) is 12.4 Å². The van der Waals surface area contributed by atoms with Crippen LogP contribution in [0.5, 0.6) is 0 Å². The van der Waals surface area contributed by atoms with Crippen molar-refractivity contribution in [1.29, 1.82) is 0 Å². The lowest BCUT2D eigenvalue weighted by molar-refractivity contribution is 0.154. The van der Waals surface area contributed by atoms with Crippen molar-refractivity contribution in [2.45, 2.75) is 25.4 Å². The second-order valence-corrected chi connectivity index (χ2v) is 5.14. The first-order chi connectivity index (χ1) is 7.42. The molecule has 3 rings (SSSR count). The standard InChI is InChI=1S/C10H16N4S.ClH/c1-3-11-10-2-4-14(5-8(1)10)6-9-7-15-13-12-9;/h7-8,10-11H,1-6H2;1H. The highest BCUT2D eigenvalue weighted by atomic mass is 35.5. The molecule has 16 heavy (non-hydrogen) atoms. The lowest BCUT2D eigenvalue weighted by Crippen LogP contribution is -2.43. The molecule has 90 valence electrons. The van der Waals surface area contributed by atoms with Gasteiger partial charge in [0.1, 0.15) is 0 Å². The van der Waals surface area contributed by atoms with Gasteiger partial charge in [0.2, 0.25) is 0 Å². The lowest BCUT2D eigenvalue weighted by Gasteiger charge is -2.34. The van der Waals surface area contributed by atoms with E-state index in [1.807, 2.05) is 0 Å². The normalized spacial score (nSPS) is 29.8. The quantitative estimate of drug-likeness (QED) is 0.866. The number of hydrogen-bond acceptors (Lipinski definition) is 5. The summed E-state index contributed by atoms with van der Waals surface area (Å²) in [6, 6.07) is 0.787. The molecule has 6 heteroatoms. The second-order valence-electron chi connectivity index (χ2n) is 4.53. The summed E-state index contributed by atoms with van der Waals surface area (Å²) in [5, 5.41) is 9.75. The highest BCUT2D eigenvalue weighted by molar-refractivity contribution is 7.03. The molecule has 2 aliphatic heterocycles. The summed E-state index contributed by atoms with van der Waals surface area (Å²) < 4.78 is 3.91. The van der Waals surface area contributed by atoms with Crippen molar-refractivity contribution < 1.29 is 0 Å². The Bertz CT molecular complexity index is 319. The van der Waals surface area contributed by atoms with Crippen LogP contribution >= 0.6 is 23.9 Å². The molecule has 1 aromatic heterocycles. The van der Waals surface area contributed by atoms with Crippen LogP contribution in [0.3, 0.4) is 0 Å². The van der Waals surface area contributed by atoms with Crippen molar-refractivity contribution >= 4 is 23.9 Å². The van der Waals surface area contributed by atoms with Gasteiger partial charge in [-0.2, -0.15) is 0 Å². The first kappa shape index (κ1) is 12.2. The molecule has 1 N–H and O–H groups in total. The van der Waals surface area contributed by atoms with Gasteiger partial charge in [-0.1, -0.05) is 4.49 Å². The van der Waals surface area contributed by atoms with Gasteiger partial charge < -0.3 is 5.32 Å². The van der Waals surface area contributed by atoms with Gasteiger partial charge in [-0.05, 0) is 36.8 Å².